The quantitative estimate of drug-likeness (QED) is 0.880. The summed E-state index contributed by atoms with van der Waals surface area (Å²) in [6, 6.07) is 8.08. The van der Waals surface area contributed by atoms with Crippen molar-refractivity contribution in [2.45, 2.75) is 25.7 Å². The van der Waals surface area contributed by atoms with E-state index < -0.39 is 0 Å². The normalized spacial score (nSPS) is 10.6. The summed E-state index contributed by atoms with van der Waals surface area (Å²) in [5, 5.41) is 7.24. The molecule has 0 aliphatic carbocycles. The lowest BCUT2D eigenvalue weighted by Gasteiger charge is -2.07. The van der Waals surface area contributed by atoms with Gasteiger partial charge in [0.05, 0.1) is 22.8 Å². The fraction of sp³-hybridized carbons (Fsp3) is 0.333. The topological polar surface area (TPSA) is 46.9 Å². The van der Waals surface area contributed by atoms with E-state index in [1.165, 1.54) is 5.56 Å². The Morgan fingerprint density at radius 3 is 2.60 bits per heavy atom. The number of nitrogens with one attached hydrogen (secondary N) is 1. The zero-order valence-electron chi connectivity index (χ0n) is 12.2. The van der Waals surface area contributed by atoms with Crippen LogP contribution in [0, 0.1) is 20.8 Å². The minimum atomic E-state index is -0.00236. The summed E-state index contributed by atoms with van der Waals surface area (Å²) < 4.78 is 1.78. The zero-order valence-corrected chi connectivity index (χ0v) is 13.0. The molecule has 2 aromatic rings. The molecule has 0 fully saturated rings. The van der Waals surface area contributed by atoms with Gasteiger partial charge < -0.3 is 5.32 Å². The Kier molecular flexibility index (Phi) is 4.49. The van der Waals surface area contributed by atoms with E-state index >= 15 is 0 Å². The summed E-state index contributed by atoms with van der Waals surface area (Å²) in [4.78, 5) is 13.2. The van der Waals surface area contributed by atoms with E-state index in [0.29, 0.717) is 5.75 Å². The molecule has 1 N–H and O–H groups in total. The highest BCUT2D eigenvalue weighted by atomic mass is 32.2. The molecule has 0 radical (unpaired) electrons. The van der Waals surface area contributed by atoms with E-state index in [4.69, 9.17) is 0 Å². The number of nitrogens with zero attached hydrogens (tertiary/aromatic N) is 2. The van der Waals surface area contributed by atoms with Crippen molar-refractivity contribution in [3.05, 3.63) is 41.2 Å². The summed E-state index contributed by atoms with van der Waals surface area (Å²) in [6.07, 6.45) is 0. The molecule has 0 unspecified atom stereocenters. The Morgan fingerprint density at radius 2 is 2.00 bits per heavy atom. The van der Waals surface area contributed by atoms with Gasteiger partial charge in [0.2, 0.25) is 5.91 Å². The Hall–Kier alpha value is -1.75. The highest BCUT2D eigenvalue weighted by molar-refractivity contribution is 8.00. The first kappa shape index (κ1) is 14.7. The molecule has 4 nitrogen and oxygen atoms in total. The zero-order chi connectivity index (χ0) is 14.7. The van der Waals surface area contributed by atoms with Crippen LogP contribution >= 0.6 is 11.8 Å². The smallest absolute Gasteiger partial charge is 0.234 e. The third kappa shape index (κ3) is 3.22. The number of carbonyl (C=O) groups excluding carboxylic acids is 1. The van der Waals surface area contributed by atoms with Crippen LogP contribution in [0.2, 0.25) is 0 Å². The Morgan fingerprint density at radius 1 is 1.30 bits per heavy atom. The van der Waals surface area contributed by atoms with Gasteiger partial charge in [0.15, 0.2) is 0 Å². The molecule has 0 bridgehead atoms. The predicted molar refractivity (Wildman–Crippen MR) is 83.2 cm³/mol. The van der Waals surface area contributed by atoms with Crippen molar-refractivity contribution >= 4 is 23.4 Å². The van der Waals surface area contributed by atoms with Crippen molar-refractivity contribution in [2.75, 3.05) is 11.1 Å². The van der Waals surface area contributed by atoms with Crippen molar-refractivity contribution in [3.63, 3.8) is 0 Å². The molecule has 0 aliphatic rings. The van der Waals surface area contributed by atoms with Crippen LogP contribution in [0.15, 0.2) is 29.2 Å². The van der Waals surface area contributed by atoms with Gasteiger partial charge in [-0.3, -0.25) is 9.48 Å². The van der Waals surface area contributed by atoms with Gasteiger partial charge in [0.25, 0.3) is 0 Å². The van der Waals surface area contributed by atoms with E-state index in [1.54, 1.807) is 16.4 Å². The van der Waals surface area contributed by atoms with Gasteiger partial charge in [-0.2, -0.15) is 5.10 Å². The second-order valence-electron chi connectivity index (χ2n) is 4.77. The van der Waals surface area contributed by atoms with E-state index in [9.17, 15) is 4.79 Å². The molecule has 0 aliphatic heterocycles. The van der Waals surface area contributed by atoms with Crippen LogP contribution in [0.3, 0.4) is 0 Å². The molecule has 1 aromatic carbocycles. The SMILES string of the molecule is Cc1ccccc1SCC(=O)Nc1c(C)nn(C)c1C. The molecule has 0 atom stereocenters. The molecule has 5 heteroatoms. The minimum Gasteiger partial charge on any atom is -0.322 e. The van der Waals surface area contributed by atoms with Crippen molar-refractivity contribution < 1.29 is 4.79 Å². The average Bonchev–Trinajstić information content (AvgIpc) is 2.64. The molecule has 106 valence electrons. The molecule has 0 saturated carbocycles. The maximum atomic E-state index is 12.0. The van der Waals surface area contributed by atoms with Gasteiger partial charge >= 0.3 is 0 Å². The largest absolute Gasteiger partial charge is 0.322 e. The van der Waals surface area contributed by atoms with Crippen molar-refractivity contribution in [2.24, 2.45) is 7.05 Å². The summed E-state index contributed by atoms with van der Waals surface area (Å²) in [6.45, 7) is 5.90. The number of thioether (sulfide) groups is 1. The van der Waals surface area contributed by atoms with Gasteiger partial charge in [-0.15, -0.1) is 11.8 Å². The van der Waals surface area contributed by atoms with Crippen LogP contribution in [0.4, 0.5) is 5.69 Å². The van der Waals surface area contributed by atoms with Gasteiger partial charge in [0, 0.05) is 11.9 Å². The van der Waals surface area contributed by atoms with Gasteiger partial charge in [-0.1, -0.05) is 18.2 Å². The molecule has 1 amide bonds. The number of amides is 1. The van der Waals surface area contributed by atoms with Crippen LogP contribution in [0.1, 0.15) is 17.0 Å². The number of benzene rings is 1. The van der Waals surface area contributed by atoms with Crippen molar-refractivity contribution in [3.8, 4) is 0 Å². The minimum absolute atomic E-state index is 0.00236. The first-order valence-electron chi connectivity index (χ1n) is 6.47. The lowest BCUT2D eigenvalue weighted by atomic mass is 10.2. The van der Waals surface area contributed by atoms with E-state index in [2.05, 4.69) is 23.4 Å². The second-order valence-corrected chi connectivity index (χ2v) is 5.79. The molecule has 1 heterocycles. The molecule has 2 rings (SSSR count). The third-order valence-corrected chi connectivity index (χ3v) is 4.40. The Labute approximate surface area is 123 Å². The third-order valence-electron chi connectivity index (χ3n) is 3.23. The highest BCUT2D eigenvalue weighted by Crippen LogP contribution is 2.23. The highest BCUT2D eigenvalue weighted by Gasteiger charge is 2.12. The second kappa shape index (κ2) is 6.13. The molecule has 1 aromatic heterocycles. The lowest BCUT2D eigenvalue weighted by molar-refractivity contribution is -0.113. The van der Waals surface area contributed by atoms with Crippen LogP contribution in [0.5, 0.6) is 0 Å². The molecule has 20 heavy (non-hydrogen) atoms. The first-order valence-corrected chi connectivity index (χ1v) is 7.46. The molecule has 0 spiro atoms. The summed E-state index contributed by atoms with van der Waals surface area (Å²) in [5.41, 5.74) is 3.83. The number of aromatic nitrogens is 2. The van der Waals surface area contributed by atoms with Crippen LogP contribution in [-0.2, 0) is 11.8 Å². The number of carbonyl (C=O) groups is 1. The standard InChI is InChI=1S/C15H19N3OS/c1-10-7-5-6-8-13(10)20-9-14(19)16-15-11(2)17-18(4)12(15)3/h5-8H,9H2,1-4H3,(H,16,19). The Bertz CT molecular complexity index is 634. The van der Waals surface area contributed by atoms with Crippen LogP contribution < -0.4 is 5.32 Å². The fourth-order valence-corrected chi connectivity index (χ4v) is 2.82. The van der Waals surface area contributed by atoms with Crippen molar-refractivity contribution in [1.82, 2.24) is 9.78 Å². The number of hydrogen-bond acceptors (Lipinski definition) is 3. The lowest BCUT2D eigenvalue weighted by Crippen LogP contribution is -2.15. The van der Waals surface area contributed by atoms with E-state index in [1.807, 2.05) is 39.1 Å². The summed E-state index contributed by atoms with van der Waals surface area (Å²) in [7, 11) is 1.88. The molecule has 0 saturated heterocycles. The number of hydrogen-bond donors (Lipinski definition) is 1. The number of anilines is 1. The first-order chi connectivity index (χ1) is 9.49. The number of aryl methyl sites for hydroxylation is 3. The molecular formula is C15H19N3OS. The monoisotopic (exact) mass is 289 g/mol. The Balaban J connectivity index is 1.98. The van der Waals surface area contributed by atoms with Crippen LogP contribution in [-0.4, -0.2) is 21.4 Å². The molecular weight excluding hydrogens is 270 g/mol. The number of rotatable bonds is 4. The summed E-state index contributed by atoms with van der Waals surface area (Å²) in [5.74, 6) is 0.399. The summed E-state index contributed by atoms with van der Waals surface area (Å²) >= 11 is 1.55. The van der Waals surface area contributed by atoms with Crippen molar-refractivity contribution in [1.29, 1.82) is 0 Å². The van der Waals surface area contributed by atoms with E-state index in [-0.39, 0.29) is 5.91 Å². The van der Waals surface area contributed by atoms with E-state index in [0.717, 1.165) is 22.0 Å². The maximum Gasteiger partial charge on any atom is 0.234 e. The van der Waals surface area contributed by atoms with Gasteiger partial charge in [-0.05, 0) is 32.4 Å². The average molecular weight is 289 g/mol. The van der Waals surface area contributed by atoms with Crippen LogP contribution in [0.25, 0.3) is 0 Å². The predicted octanol–water partition coefficient (Wildman–Crippen LogP) is 3.08. The van der Waals surface area contributed by atoms with Gasteiger partial charge in [0.1, 0.15) is 0 Å². The fourth-order valence-electron chi connectivity index (χ4n) is 1.99. The maximum absolute atomic E-state index is 12.0. The van der Waals surface area contributed by atoms with Gasteiger partial charge in [-0.25, -0.2) is 0 Å².